The standard InChI is InChI=1S/C16H15BrClNO3/c1-9-5-11(18)3-4-14(9)22-8-15(20)19-12-6-10(2)16(21)13(17)7-12/h3-7,21H,8H2,1-2H3,(H,19,20). The summed E-state index contributed by atoms with van der Waals surface area (Å²) in [5.74, 6) is 0.486. The number of phenols is 1. The topological polar surface area (TPSA) is 58.6 Å². The Kier molecular flexibility index (Phi) is 5.32. The van der Waals surface area contributed by atoms with Gasteiger partial charge in [-0.1, -0.05) is 11.6 Å². The second-order valence-electron chi connectivity index (χ2n) is 4.87. The van der Waals surface area contributed by atoms with E-state index in [1.54, 1.807) is 37.3 Å². The molecule has 0 aliphatic carbocycles. The molecule has 0 aliphatic heterocycles. The Bertz CT molecular complexity index is 696. The maximum absolute atomic E-state index is 11.9. The highest BCUT2D eigenvalue weighted by Crippen LogP contribution is 2.30. The largest absolute Gasteiger partial charge is 0.506 e. The molecule has 0 atom stereocenters. The minimum absolute atomic E-state index is 0.111. The van der Waals surface area contributed by atoms with E-state index in [1.165, 1.54) is 0 Å². The summed E-state index contributed by atoms with van der Waals surface area (Å²) in [4.78, 5) is 11.9. The first-order valence-corrected chi connectivity index (χ1v) is 7.72. The molecule has 0 heterocycles. The van der Waals surface area contributed by atoms with Gasteiger partial charge in [-0.05, 0) is 71.2 Å². The molecule has 0 saturated heterocycles. The van der Waals surface area contributed by atoms with Gasteiger partial charge >= 0.3 is 0 Å². The van der Waals surface area contributed by atoms with Crippen LogP contribution in [-0.2, 0) is 4.79 Å². The zero-order valence-electron chi connectivity index (χ0n) is 12.1. The van der Waals surface area contributed by atoms with Crippen molar-refractivity contribution in [3.8, 4) is 11.5 Å². The summed E-state index contributed by atoms with van der Waals surface area (Å²) in [5, 5.41) is 13.0. The fourth-order valence-corrected chi connectivity index (χ4v) is 2.71. The van der Waals surface area contributed by atoms with Gasteiger partial charge in [0.05, 0.1) is 4.47 Å². The van der Waals surface area contributed by atoms with Gasteiger partial charge in [0.15, 0.2) is 6.61 Å². The fraction of sp³-hybridized carbons (Fsp3) is 0.188. The highest BCUT2D eigenvalue weighted by Gasteiger charge is 2.09. The maximum atomic E-state index is 11.9. The van der Waals surface area contributed by atoms with Crippen molar-refractivity contribution in [2.45, 2.75) is 13.8 Å². The van der Waals surface area contributed by atoms with Gasteiger partial charge in [-0.25, -0.2) is 0 Å². The Balaban J connectivity index is 1.99. The number of carbonyl (C=O) groups excluding carboxylic acids is 1. The van der Waals surface area contributed by atoms with Gasteiger partial charge in [0.25, 0.3) is 5.91 Å². The number of benzene rings is 2. The number of anilines is 1. The quantitative estimate of drug-likeness (QED) is 0.766. The van der Waals surface area contributed by atoms with Crippen molar-refractivity contribution in [2.75, 3.05) is 11.9 Å². The molecule has 22 heavy (non-hydrogen) atoms. The molecule has 0 aromatic heterocycles. The minimum atomic E-state index is -0.286. The SMILES string of the molecule is Cc1cc(Cl)ccc1OCC(=O)Nc1cc(C)c(O)c(Br)c1. The van der Waals surface area contributed by atoms with Gasteiger partial charge in [0.1, 0.15) is 11.5 Å². The summed E-state index contributed by atoms with van der Waals surface area (Å²) in [6.45, 7) is 3.50. The summed E-state index contributed by atoms with van der Waals surface area (Å²) in [7, 11) is 0. The van der Waals surface area contributed by atoms with E-state index in [1.807, 2.05) is 6.92 Å². The molecule has 2 aromatic carbocycles. The molecule has 116 valence electrons. The van der Waals surface area contributed by atoms with Crippen LogP contribution in [-0.4, -0.2) is 17.6 Å². The predicted octanol–water partition coefficient (Wildman–Crippen LogP) is 4.44. The summed E-state index contributed by atoms with van der Waals surface area (Å²) in [6.07, 6.45) is 0. The Morgan fingerprint density at radius 3 is 2.64 bits per heavy atom. The summed E-state index contributed by atoms with van der Waals surface area (Å²) < 4.78 is 6.00. The van der Waals surface area contributed by atoms with Crippen molar-refractivity contribution in [3.63, 3.8) is 0 Å². The van der Waals surface area contributed by atoms with Crippen molar-refractivity contribution < 1.29 is 14.6 Å². The number of ether oxygens (including phenoxy) is 1. The van der Waals surface area contributed by atoms with Crippen LogP contribution in [0.25, 0.3) is 0 Å². The zero-order chi connectivity index (χ0) is 16.3. The first kappa shape index (κ1) is 16.6. The lowest BCUT2D eigenvalue weighted by molar-refractivity contribution is -0.118. The first-order valence-electron chi connectivity index (χ1n) is 6.54. The number of phenolic OH excluding ortho intramolecular Hbond substituents is 1. The number of amides is 1. The molecule has 2 N–H and O–H groups in total. The highest BCUT2D eigenvalue weighted by atomic mass is 79.9. The van der Waals surface area contributed by atoms with E-state index < -0.39 is 0 Å². The third-order valence-electron chi connectivity index (χ3n) is 3.03. The molecule has 0 unspecified atom stereocenters. The highest BCUT2D eigenvalue weighted by molar-refractivity contribution is 9.10. The fourth-order valence-electron chi connectivity index (χ4n) is 1.92. The number of aryl methyl sites for hydroxylation is 2. The molecular formula is C16H15BrClNO3. The van der Waals surface area contributed by atoms with Gasteiger partial charge in [-0.2, -0.15) is 0 Å². The van der Waals surface area contributed by atoms with E-state index in [2.05, 4.69) is 21.2 Å². The summed E-state index contributed by atoms with van der Waals surface area (Å²) in [5.41, 5.74) is 2.12. The number of hydrogen-bond donors (Lipinski definition) is 2. The van der Waals surface area contributed by atoms with E-state index in [0.717, 1.165) is 5.56 Å². The van der Waals surface area contributed by atoms with Crippen LogP contribution in [0.2, 0.25) is 5.02 Å². The maximum Gasteiger partial charge on any atom is 0.262 e. The molecule has 0 bridgehead atoms. The lowest BCUT2D eigenvalue weighted by atomic mass is 10.2. The van der Waals surface area contributed by atoms with Gasteiger partial charge in [-0.15, -0.1) is 0 Å². The number of rotatable bonds is 4. The smallest absolute Gasteiger partial charge is 0.262 e. The summed E-state index contributed by atoms with van der Waals surface area (Å²) >= 11 is 9.10. The van der Waals surface area contributed by atoms with Crippen molar-refractivity contribution in [2.24, 2.45) is 0 Å². The average Bonchev–Trinajstić information content (AvgIpc) is 2.43. The van der Waals surface area contributed by atoms with Crippen LogP contribution in [0.5, 0.6) is 11.5 Å². The van der Waals surface area contributed by atoms with E-state index in [9.17, 15) is 9.90 Å². The van der Waals surface area contributed by atoms with Crippen LogP contribution in [0.3, 0.4) is 0 Å². The molecule has 0 saturated carbocycles. The first-order chi connectivity index (χ1) is 10.4. The predicted molar refractivity (Wildman–Crippen MR) is 90.9 cm³/mol. The number of aromatic hydroxyl groups is 1. The van der Waals surface area contributed by atoms with Crippen LogP contribution >= 0.6 is 27.5 Å². The Morgan fingerprint density at radius 2 is 2.00 bits per heavy atom. The van der Waals surface area contributed by atoms with Gasteiger partial charge in [-0.3, -0.25) is 4.79 Å². The van der Waals surface area contributed by atoms with E-state index in [4.69, 9.17) is 16.3 Å². The van der Waals surface area contributed by atoms with Crippen molar-refractivity contribution >= 4 is 39.1 Å². The molecule has 0 radical (unpaired) electrons. The third-order valence-corrected chi connectivity index (χ3v) is 3.87. The number of halogens is 2. The molecule has 6 heteroatoms. The van der Waals surface area contributed by atoms with Crippen molar-refractivity contribution in [1.29, 1.82) is 0 Å². The van der Waals surface area contributed by atoms with Crippen LogP contribution in [0.15, 0.2) is 34.8 Å². The third kappa shape index (κ3) is 4.15. The number of hydrogen-bond acceptors (Lipinski definition) is 3. The molecule has 0 aliphatic rings. The Hall–Kier alpha value is -1.72. The van der Waals surface area contributed by atoms with Gasteiger partial charge in [0.2, 0.25) is 0 Å². The second kappa shape index (κ2) is 7.03. The summed E-state index contributed by atoms with van der Waals surface area (Å²) in [6, 6.07) is 8.53. The molecule has 2 rings (SSSR count). The van der Waals surface area contributed by atoms with Gasteiger partial charge < -0.3 is 15.2 Å². The van der Waals surface area contributed by atoms with E-state index in [0.29, 0.717) is 26.5 Å². The minimum Gasteiger partial charge on any atom is -0.506 e. The van der Waals surface area contributed by atoms with Gasteiger partial charge in [0, 0.05) is 10.7 Å². The molecule has 0 fully saturated rings. The van der Waals surface area contributed by atoms with Crippen LogP contribution < -0.4 is 10.1 Å². The number of carbonyl (C=O) groups is 1. The lowest BCUT2D eigenvalue weighted by Gasteiger charge is -2.11. The molecule has 2 aromatic rings. The molecule has 1 amide bonds. The van der Waals surface area contributed by atoms with Crippen LogP contribution in [0.4, 0.5) is 5.69 Å². The molecular weight excluding hydrogens is 370 g/mol. The van der Waals surface area contributed by atoms with Crippen molar-refractivity contribution in [1.82, 2.24) is 0 Å². The molecule has 0 spiro atoms. The monoisotopic (exact) mass is 383 g/mol. The van der Waals surface area contributed by atoms with Crippen LogP contribution in [0.1, 0.15) is 11.1 Å². The molecule has 4 nitrogen and oxygen atoms in total. The Morgan fingerprint density at radius 1 is 1.27 bits per heavy atom. The normalized spacial score (nSPS) is 10.4. The lowest BCUT2D eigenvalue weighted by Crippen LogP contribution is -2.20. The second-order valence-corrected chi connectivity index (χ2v) is 6.16. The van der Waals surface area contributed by atoms with E-state index in [-0.39, 0.29) is 18.3 Å². The van der Waals surface area contributed by atoms with Crippen molar-refractivity contribution in [3.05, 3.63) is 51.0 Å². The number of nitrogens with one attached hydrogen (secondary N) is 1. The van der Waals surface area contributed by atoms with E-state index >= 15 is 0 Å². The zero-order valence-corrected chi connectivity index (χ0v) is 14.5. The Labute approximate surface area is 142 Å². The van der Waals surface area contributed by atoms with Crippen LogP contribution in [0, 0.1) is 13.8 Å². The average molecular weight is 385 g/mol.